The molecule has 2 aromatic rings. The number of aliphatic hydroxyl groups excluding tert-OH is 2. The highest BCUT2D eigenvalue weighted by Gasteiger charge is 2.49. The van der Waals surface area contributed by atoms with E-state index < -0.39 is 77.0 Å². The molecule has 2 unspecified atom stereocenters. The molecule has 1 heterocycles. The molecule has 2 aliphatic carbocycles. The molecule has 220 valence electrons. The van der Waals surface area contributed by atoms with Crippen LogP contribution in [-0.2, 0) is 15.9 Å². The number of carbonyl (C=O) groups is 2. The number of carbonyl (C=O) groups excluding carboxylic acids is 2. The minimum Gasteiger partial charge on any atom is -0.507 e. The molecule has 1 aliphatic heterocycles. The number of methoxy groups -OCH3 is 1. The average molecular weight is 572 g/mol. The van der Waals surface area contributed by atoms with Gasteiger partial charge in [0.1, 0.15) is 22.8 Å². The fourth-order valence-electron chi connectivity index (χ4n) is 6.03. The van der Waals surface area contributed by atoms with Crippen LogP contribution in [0.2, 0.25) is 0 Å². The lowest BCUT2D eigenvalue weighted by Gasteiger charge is -2.43. The molecule has 0 spiro atoms. The minimum absolute atomic E-state index is 0.0136. The zero-order valence-corrected chi connectivity index (χ0v) is 22.7. The second-order valence-corrected chi connectivity index (χ2v) is 10.5. The van der Waals surface area contributed by atoms with Crippen LogP contribution in [0.5, 0.6) is 17.2 Å². The van der Waals surface area contributed by atoms with E-state index in [4.69, 9.17) is 19.9 Å². The van der Waals surface area contributed by atoms with Gasteiger partial charge in [0.05, 0.1) is 54.4 Å². The van der Waals surface area contributed by atoms with Gasteiger partial charge in [-0.2, -0.15) is 5.10 Å². The third-order valence-corrected chi connectivity index (χ3v) is 8.08. The number of ketones is 2. The molecule has 2 aromatic carbocycles. The Morgan fingerprint density at radius 3 is 2.54 bits per heavy atom. The summed E-state index contributed by atoms with van der Waals surface area (Å²) in [6.45, 7) is 0.957. The Bertz CT molecular complexity index is 1430. The summed E-state index contributed by atoms with van der Waals surface area (Å²) in [5.41, 5.74) is 5.62. The van der Waals surface area contributed by atoms with Crippen LogP contribution < -0.4 is 15.9 Å². The van der Waals surface area contributed by atoms with E-state index in [9.17, 15) is 35.1 Å². The van der Waals surface area contributed by atoms with Crippen LogP contribution in [0.15, 0.2) is 23.3 Å². The van der Waals surface area contributed by atoms with Crippen LogP contribution in [0.4, 0.5) is 0 Å². The molecule has 0 saturated carbocycles. The van der Waals surface area contributed by atoms with E-state index in [1.165, 1.54) is 32.4 Å². The molecule has 1 fully saturated rings. The van der Waals surface area contributed by atoms with E-state index in [-0.39, 0.29) is 53.0 Å². The monoisotopic (exact) mass is 571 g/mol. The first-order valence-electron chi connectivity index (χ1n) is 13.2. The fraction of sp³-hybridized carbons (Fsp3) is 0.464. The molecule has 5 rings (SSSR count). The summed E-state index contributed by atoms with van der Waals surface area (Å²) >= 11 is 0. The molecule has 1 saturated heterocycles. The zero-order valence-electron chi connectivity index (χ0n) is 22.7. The Morgan fingerprint density at radius 2 is 1.90 bits per heavy atom. The second kappa shape index (κ2) is 10.7. The van der Waals surface area contributed by atoms with Gasteiger partial charge in [-0.15, -0.1) is 0 Å². The first-order valence-corrected chi connectivity index (χ1v) is 13.2. The number of hydrazone groups is 1. The Hall–Kier alpha value is -3.59. The average Bonchev–Trinajstić information content (AvgIpc) is 2.94. The van der Waals surface area contributed by atoms with Gasteiger partial charge in [-0.3, -0.25) is 9.59 Å². The number of nitrogens with zero attached hydrogens (tertiary/aromatic N) is 1. The first-order chi connectivity index (χ1) is 19.5. The number of nitrogens with one attached hydrogen (secondary N) is 1. The number of hydrogen-bond donors (Lipinski definition) is 7. The topological polar surface area (TPSA) is 213 Å². The molecule has 8 N–H and O–H groups in total. The van der Waals surface area contributed by atoms with E-state index >= 15 is 0 Å². The predicted octanol–water partition coefficient (Wildman–Crippen LogP) is 0.00760. The number of phenolic OH excluding ortho intramolecular Hbond substituents is 2. The maximum absolute atomic E-state index is 13.8. The van der Waals surface area contributed by atoms with Crippen molar-refractivity contribution in [2.45, 2.75) is 62.4 Å². The summed E-state index contributed by atoms with van der Waals surface area (Å²) in [4.78, 5) is 27.4. The van der Waals surface area contributed by atoms with E-state index in [1.54, 1.807) is 6.92 Å². The molecule has 0 amide bonds. The Morgan fingerprint density at radius 1 is 1.20 bits per heavy atom. The summed E-state index contributed by atoms with van der Waals surface area (Å²) in [6, 6.07) is 3.76. The van der Waals surface area contributed by atoms with Crippen molar-refractivity contribution in [2.75, 3.05) is 20.8 Å². The van der Waals surface area contributed by atoms with Crippen molar-refractivity contribution in [3.05, 3.63) is 51.6 Å². The van der Waals surface area contributed by atoms with Gasteiger partial charge >= 0.3 is 0 Å². The summed E-state index contributed by atoms with van der Waals surface area (Å²) in [5, 5.41) is 59.1. The number of fused-ring (bicyclic) bond motifs is 3. The molecule has 41 heavy (non-hydrogen) atoms. The summed E-state index contributed by atoms with van der Waals surface area (Å²) in [7, 11) is 2.82. The maximum Gasteiger partial charge on any atom is 0.202 e. The van der Waals surface area contributed by atoms with Crippen molar-refractivity contribution in [1.29, 1.82) is 0 Å². The molecule has 0 bridgehead atoms. The smallest absolute Gasteiger partial charge is 0.202 e. The summed E-state index contributed by atoms with van der Waals surface area (Å²) in [6.07, 6.45) is -4.46. The Balaban J connectivity index is 1.70. The normalized spacial score (nSPS) is 29.4. The molecule has 0 radical (unpaired) electrons. The number of nitrogens with two attached hydrogens (primary N) is 1. The second-order valence-electron chi connectivity index (χ2n) is 10.5. The van der Waals surface area contributed by atoms with Crippen LogP contribution in [0.3, 0.4) is 0 Å². The van der Waals surface area contributed by atoms with Crippen molar-refractivity contribution in [3.8, 4) is 17.2 Å². The number of phenols is 2. The lowest BCUT2D eigenvalue weighted by atomic mass is 9.71. The highest BCUT2D eigenvalue weighted by molar-refractivity contribution is 6.31. The lowest BCUT2D eigenvalue weighted by molar-refractivity contribution is -0.245. The Kier molecular flexibility index (Phi) is 7.53. The highest BCUT2D eigenvalue weighted by atomic mass is 16.7. The number of ether oxygens (including phenoxy) is 3. The quantitative estimate of drug-likeness (QED) is 0.118. The van der Waals surface area contributed by atoms with Gasteiger partial charge in [-0.05, 0) is 13.0 Å². The van der Waals surface area contributed by atoms with E-state index in [1.807, 2.05) is 0 Å². The highest BCUT2D eigenvalue weighted by Crippen LogP contribution is 2.52. The molecular formula is C28H33N3O10. The van der Waals surface area contributed by atoms with Crippen molar-refractivity contribution in [2.24, 2.45) is 10.8 Å². The fourth-order valence-corrected chi connectivity index (χ4v) is 6.03. The zero-order chi connectivity index (χ0) is 29.8. The lowest BCUT2D eigenvalue weighted by Crippen LogP contribution is -2.53. The van der Waals surface area contributed by atoms with Crippen molar-refractivity contribution < 1.29 is 49.3 Å². The third-order valence-electron chi connectivity index (χ3n) is 8.08. The number of hydrogen-bond acceptors (Lipinski definition) is 13. The molecule has 13 heteroatoms. The molecule has 13 nitrogen and oxygen atoms in total. The van der Waals surface area contributed by atoms with Gasteiger partial charge in [0.15, 0.2) is 12.1 Å². The van der Waals surface area contributed by atoms with Crippen LogP contribution >= 0.6 is 0 Å². The third kappa shape index (κ3) is 4.54. The number of aliphatic hydroxyl groups is 3. The van der Waals surface area contributed by atoms with E-state index in [0.717, 1.165) is 0 Å². The number of benzene rings is 2. The van der Waals surface area contributed by atoms with Gasteiger partial charge in [0, 0.05) is 49.0 Å². The van der Waals surface area contributed by atoms with Crippen LogP contribution in [0.1, 0.15) is 68.8 Å². The van der Waals surface area contributed by atoms with Crippen molar-refractivity contribution in [3.63, 3.8) is 0 Å². The predicted molar refractivity (Wildman–Crippen MR) is 143 cm³/mol. The molecule has 6 atom stereocenters. The largest absolute Gasteiger partial charge is 0.507 e. The van der Waals surface area contributed by atoms with Gasteiger partial charge < -0.3 is 50.9 Å². The van der Waals surface area contributed by atoms with Gasteiger partial charge in [0.25, 0.3) is 0 Å². The van der Waals surface area contributed by atoms with Crippen LogP contribution in [0, 0.1) is 0 Å². The number of rotatable bonds is 6. The van der Waals surface area contributed by atoms with Crippen LogP contribution in [-0.4, -0.2) is 93.7 Å². The van der Waals surface area contributed by atoms with E-state index in [2.05, 4.69) is 10.5 Å². The minimum atomic E-state index is -1.90. The molecule has 0 aromatic heterocycles. The standard InChI is InChI=1S/C28H33N3O10/c1-11-23(33)14(29)7-18(40-11)41-16-9-28(38,17(10-32)31-30-2)8-13-20(16)27(37)22-21(25(13)35)24(34)12-5-4-6-15(39-3)19(12)26(22)36/h4-6,11,14,16,18,23,30,32-33,35,37-38H,7-10,29H2,1-3H3/b31-17+/t11?,14?,16-,18+,23-,28-/m0/s1. The molecular weight excluding hydrogens is 538 g/mol. The summed E-state index contributed by atoms with van der Waals surface area (Å²) in [5.74, 6) is -2.54. The van der Waals surface area contributed by atoms with Gasteiger partial charge in [0.2, 0.25) is 5.78 Å². The maximum atomic E-state index is 13.8. The number of aromatic hydroxyl groups is 2. The van der Waals surface area contributed by atoms with Gasteiger partial charge in [-0.1, -0.05) is 12.1 Å². The molecule has 3 aliphatic rings. The van der Waals surface area contributed by atoms with Crippen molar-refractivity contribution in [1.82, 2.24) is 5.43 Å². The van der Waals surface area contributed by atoms with Crippen LogP contribution in [0.25, 0.3) is 0 Å². The first kappa shape index (κ1) is 28.9. The Labute approximate surface area is 235 Å². The summed E-state index contributed by atoms with van der Waals surface area (Å²) < 4.78 is 17.3. The van der Waals surface area contributed by atoms with Gasteiger partial charge in [-0.25, -0.2) is 0 Å². The van der Waals surface area contributed by atoms with Crippen molar-refractivity contribution >= 4 is 17.3 Å². The SMILES string of the molecule is CN/N=C(\CO)[C@]1(O)Cc2c(O)c3c(c(O)c2[C@@H](O[C@@H]2CC(N)[C@@H](O)C(C)O2)C1)C(=O)c1c(OC)cccc1C3=O. The van der Waals surface area contributed by atoms with E-state index in [0.29, 0.717) is 0 Å².